The van der Waals surface area contributed by atoms with Crippen LogP contribution in [0.1, 0.15) is 44.1 Å². The number of hydrogen-bond donors (Lipinski definition) is 1. The largest absolute Gasteiger partial charge is 0.293 e. The van der Waals surface area contributed by atoms with E-state index in [4.69, 9.17) is 0 Å². The molecule has 3 aliphatic rings. The number of hydrogen-bond acceptors (Lipinski definition) is 2. The normalized spacial score (nSPS) is 37.4. The summed E-state index contributed by atoms with van der Waals surface area (Å²) in [6.07, 6.45) is 4.11. The summed E-state index contributed by atoms with van der Waals surface area (Å²) in [6, 6.07) is 8.73. The number of nitrogens with zero attached hydrogens (tertiary/aromatic N) is 1. The van der Waals surface area contributed by atoms with Crippen molar-refractivity contribution in [3.8, 4) is 0 Å². The molecule has 1 spiro atoms. The summed E-state index contributed by atoms with van der Waals surface area (Å²) in [4.78, 5) is 14.5. The van der Waals surface area contributed by atoms with Crippen LogP contribution in [0, 0.1) is 0 Å². The number of benzene rings is 1. The zero-order valence-corrected chi connectivity index (χ0v) is 10.6. The van der Waals surface area contributed by atoms with E-state index >= 15 is 0 Å². The number of para-hydroxylation sites is 1. The smallest absolute Gasteiger partial charge is 0.230 e. The Kier molecular flexibility index (Phi) is 1.97. The Morgan fingerprint density at radius 3 is 3.11 bits per heavy atom. The van der Waals surface area contributed by atoms with Crippen LogP contribution in [0.4, 0.5) is 5.69 Å². The number of amides is 1. The molecule has 0 bridgehead atoms. The molecule has 3 atom stereocenters. The summed E-state index contributed by atoms with van der Waals surface area (Å²) in [7, 11) is 0. The second-order valence-electron chi connectivity index (χ2n) is 5.91. The Morgan fingerprint density at radius 2 is 2.22 bits per heavy atom. The summed E-state index contributed by atoms with van der Waals surface area (Å²) in [6.45, 7) is 2.13. The minimum Gasteiger partial charge on any atom is -0.293 e. The van der Waals surface area contributed by atoms with Crippen molar-refractivity contribution in [3.05, 3.63) is 29.8 Å². The maximum atomic E-state index is 12.5. The first-order valence-corrected chi connectivity index (χ1v) is 6.92. The molecule has 94 valence electrons. The predicted octanol–water partition coefficient (Wildman–Crippen LogP) is 2.38. The highest BCUT2D eigenvalue weighted by molar-refractivity contribution is 5.99. The number of anilines is 1. The van der Waals surface area contributed by atoms with Gasteiger partial charge >= 0.3 is 0 Å². The SMILES string of the molecule is CC1CC(=O)N2c3ccccc3C3CCCC32N1. The van der Waals surface area contributed by atoms with Crippen LogP contribution in [-0.2, 0) is 4.79 Å². The molecule has 1 saturated heterocycles. The Balaban J connectivity index is 1.93. The average molecular weight is 242 g/mol. The molecule has 3 unspecified atom stereocenters. The maximum absolute atomic E-state index is 12.5. The average Bonchev–Trinajstić information content (AvgIpc) is 2.82. The van der Waals surface area contributed by atoms with Gasteiger partial charge < -0.3 is 0 Å². The Bertz CT molecular complexity index is 527. The van der Waals surface area contributed by atoms with Crippen LogP contribution in [0.5, 0.6) is 0 Å². The summed E-state index contributed by atoms with van der Waals surface area (Å²) >= 11 is 0. The van der Waals surface area contributed by atoms with Crippen LogP contribution < -0.4 is 10.2 Å². The molecule has 0 radical (unpaired) electrons. The van der Waals surface area contributed by atoms with Crippen LogP contribution in [-0.4, -0.2) is 17.6 Å². The highest BCUT2D eigenvalue weighted by atomic mass is 16.2. The fourth-order valence-electron chi connectivity index (χ4n) is 4.29. The number of fused-ring (bicyclic) bond motifs is 3. The van der Waals surface area contributed by atoms with E-state index in [1.165, 1.54) is 18.4 Å². The van der Waals surface area contributed by atoms with E-state index in [0.717, 1.165) is 12.1 Å². The third-order valence-corrected chi connectivity index (χ3v) is 4.81. The summed E-state index contributed by atoms with van der Waals surface area (Å²) in [5, 5.41) is 3.74. The van der Waals surface area contributed by atoms with Crippen molar-refractivity contribution in [1.29, 1.82) is 0 Å². The van der Waals surface area contributed by atoms with E-state index in [2.05, 4.69) is 35.3 Å². The lowest BCUT2D eigenvalue weighted by Crippen LogP contribution is -2.66. The third kappa shape index (κ3) is 1.11. The molecule has 18 heavy (non-hydrogen) atoms. The topological polar surface area (TPSA) is 32.3 Å². The molecule has 0 aromatic heterocycles. The lowest BCUT2D eigenvalue weighted by Gasteiger charge is -2.46. The van der Waals surface area contributed by atoms with Crippen LogP contribution in [0.3, 0.4) is 0 Å². The first kappa shape index (κ1) is 10.6. The molecular formula is C15H18N2O. The van der Waals surface area contributed by atoms with Crippen LogP contribution in [0.15, 0.2) is 24.3 Å². The van der Waals surface area contributed by atoms with Gasteiger partial charge in [0.15, 0.2) is 0 Å². The van der Waals surface area contributed by atoms with Gasteiger partial charge in [-0.3, -0.25) is 15.0 Å². The van der Waals surface area contributed by atoms with Gasteiger partial charge in [0, 0.05) is 24.1 Å². The van der Waals surface area contributed by atoms with Gasteiger partial charge in [0.2, 0.25) is 5.91 Å². The molecule has 2 aliphatic heterocycles. The minimum atomic E-state index is -0.113. The van der Waals surface area contributed by atoms with E-state index in [-0.39, 0.29) is 11.6 Å². The van der Waals surface area contributed by atoms with E-state index in [1.54, 1.807) is 0 Å². The zero-order chi connectivity index (χ0) is 12.3. The van der Waals surface area contributed by atoms with Gasteiger partial charge in [-0.25, -0.2) is 0 Å². The Hall–Kier alpha value is -1.35. The van der Waals surface area contributed by atoms with E-state index in [1.807, 2.05) is 6.07 Å². The van der Waals surface area contributed by atoms with E-state index in [0.29, 0.717) is 18.4 Å². The Labute approximate surface area is 107 Å². The fourth-order valence-corrected chi connectivity index (χ4v) is 4.29. The van der Waals surface area contributed by atoms with Crippen molar-refractivity contribution in [1.82, 2.24) is 5.32 Å². The standard InChI is InChI=1S/C15H18N2O/c1-10-9-14(18)17-13-7-3-2-5-11(13)12-6-4-8-15(12,17)16-10/h2-3,5,7,10,12,16H,4,6,8-9H2,1H3. The summed E-state index contributed by atoms with van der Waals surface area (Å²) in [5.74, 6) is 0.776. The molecule has 4 rings (SSSR count). The number of nitrogens with one attached hydrogen (secondary N) is 1. The predicted molar refractivity (Wildman–Crippen MR) is 70.5 cm³/mol. The molecule has 1 aromatic carbocycles. The van der Waals surface area contributed by atoms with Gasteiger partial charge in [-0.05, 0) is 37.8 Å². The van der Waals surface area contributed by atoms with Crippen molar-refractivity contribution >= 4 is 11.6 Å². The molecule has 1 saturated carbocycles. The zero-order valence-electron chi connectivity index (χ0n) is 10.6. The maximum Gasteiger partial charge on any atom is 0.230 e. The Morgan fingerprint density at radius 1 is 1.39 bits per heavy atom. The summed E-state index contributed by atoms with van der Waals surface area (Å²) in [5.41, 5.74) is 2.40. The van der Waals surface area contributed by atoms with Gasteiger partial charge in [0.25, 0.3) is 0 Å². The molecule has 1 amide bonds. The number of carbonyl (C=O) groups excluding carboxylic acids is 1. The van der Waals surface area contributed by atoms with E-state index in [9.17, 15) is 4.79 Å². The lowest BCUT2D eigenvalue weighted by molar-refractivity contribution is -0.122. The molecular weight excluding hydrogens is 224 g/mol. The van der Waals surface area contributed by atoms with Crippen LogP contribution in [0.2, 0.25) is 0 Å². The quantitative estimate of drug-likeness (QED) is 0.757. The molecule has 1 aliphatic carbocycles. The molecule has 3 heteroatoms. The second kappa shape index (κ2) is 3.35. The fraction of sp³-hybridized carbons (Fsp3) is 0.533. The van der Waals surface area contributed by atoms with Crippen molar-refractivity contribution in [3.63, 3.8) is 0 Å². The monoisotopic (exact) mass is 242 g/mol. The highest BCUT2D eigenvalue weighted by Gasteiger charge is 2.58. The van der Waals surface area contributed by atoms with Gasteiger partial charge in [-0.1, -0.05) is 18.2 Å². The van der Waals surface area contributed by atoms with E-state index < -0.39 is 0 Å². The number of rotatable bonds is 0. The van der Waals surface area contributed by atoms with Crippen molar-refractivity contribution in [2.45, 2.75) is 50.2 Å². The van der Waals surface area contributed by atoms with Gasteiger partial charge in [0.1, 0.15) is 5.66 Å². The third-order valence-electron chi connectivity index (χ3n) is 4.81. The van der Waals surface area contributed by atoms with Crippen LogP contribution in [0.25, 0.3) is 0 Å². The first-order valence-electron chi connectivity index (χ1n) is 6.92. The molecule has 1 N–H and O–H groups in total. The van der Waals surface area contributed by atoms with Crippen molar-refractivity contribution in [2.24, 2.45) is 0 Å². The summed E-state index contributed by atoms with van der Waals surface area (Å²) < 4.78 is 0. The molecule has 3 nitrogen and oxygen atoms in total. The number of carbonyl (C=O) groups is 1. The molecule has 2 fully saturated rings. The minimum absolute atomic E-state index is 0.113. The van der Waals surface area contributed by atoms with Crippen LogP contribution >= 0.6 is 0 Å². The first-order chi connectivity index (χ1) is 8.72. The lowest BCUT2D eigenvalue weighted by atomic mass is 9.90. The van der Waals surface area contributed by atoms with Crippen molar-refractivity contribution in [2.75, 3.05) is 4.90 Å². The van der Waals surface area contributed by atoms with Crippen molar-refractivity contribution < 1.29 is 4.79 Å². The van der Waals surface area contributed by atoms with Gasteiger partial charge in [-0.2, -0.15) is 0 Å². The van der Waals surface area contributed by atoms with Gasteiger partial charge in [0.05, 0.1) is 0 Å². The highest BCUT2D eigenvalue weighted by Crippen LogP contribution is 2.56. The van der Waals surface area contributed by atoms with Gasteiger partial charge in [-0.15, -0.1) is 0 Å². The second-order valence-corrected chi connectivity index (χ2v) is 5.91. The molecule has 2 heterocycles. The molecule has 1 aromatic rings.